The third-order valence-corrected chi connectivity index (χ3v) is 6.07. The number of carbonyl (C=O) groups excluding carboxylic acids is 1. The molecule has 0 spiro atoms. The average molecular weight is 473 g/mol. The number of thiazole rings is 1. The lowest BCUT2D eigenvalue weighted by Gasteiger charge is -2.07. The molecule has 1 aromatic carbocycles. The predicted octanol–water partition coefficient (Wildman–Crippen LogP) is 2.63. The quantitative estimate of drug-likeness (QED) is 0.465. The molecule has 10 heteroatoms. The molecule has 3 aromatic heterocycles. The Bertz CT molecular complexity index is 1360. The van der Waals surface area contributed by atoms with Gasteiger partial charge in [0.2, 0.25) is 5.88 Å². The van der Waals surface area contributed by atoms with Crippen molar-refractivity contribution in [3.63, 3.8) is 0 Å². The van der Waals surface area contributed by atoms with Gasteiger partial charge >= 0.3 is 5.69 Å². The molecule has 0 fully saturated rings. The first kappa shape index (κ1) is 23.2. The van der Waals surface area contributed by atoms with Crippen LogP contribution in [0, 0.1) is 6.92 Å². The summed E-state index contributed by atoms with van der Waals surface area (Å²) in [6.45, 7) is 2.11. The molecule has 4 aromatic rings. The molecule has 0 radical (unpaired) electrons. The number of ether oxygens (including phenoxy) is 1. The van der Waals surface area contributed by atoms with Crippen LogP contribution in [0.25, 0.3) is 4.83 Å². The summed E-state index contributed by atoms with van der Waals surface area (Å²) < 4.78 is 7.58. The number of aryl methyl sites for hydroxylation is 1. The summed E-state index contributed by atoms with van der Waals surface area (Å²) in [4.78, 5) is 43.3. The maximum Gasteiger partial charge on any atom is 0.336 e. The molecule has 1 N–H and O–H groups in total. The number of carbonyl (C=O) groups is 1. The van der Waals surface area contributed by atoms with Crippen molar-refractivity contribution in [1.82, 2.24) is 19.3 Å². The first-order valence-electron chi connectivity index (χ1n) is 9.54. The largest absolute Gasteiger partial charge is 0.481 e. The number of methoxy groups -OCH3 is 1. The summed E-state index contributed by atoms with van der Waals surface area (Å²) in [6, 6.07) is 12.8. The number of pyridine rings is 1. The maximum absolute atomic E-state index is 13.0. The van der Waals surface area contributed by atoms with E-state index in [1.54, 1.807) is 19.2 Å². The lowest BCUT2D eigenvalue weighted by Crippen LogP contribution is -2.38. The molecule has 0 aliphatic rings. The molecule has 0 aliphatic carbocycles. The zero-order valence-corrected chi connectivity index (χ0v) is 19.0. The van der Waals surface area contributed by atoms with Crippen LogP contribution in [-0.2, 0) is 13.1 Å². The van der Waals surface area contributed by atoms with Crippen molar-refractivity contribution in [3.8, 4) is 5.88 Å². The highest BCUT2D eigenvalue weighted by molar-refractivity contribution is 7.19. The van der Waals surface area contributed by atoms with E-state index in [9.17, 15) is 14.4 Å². The number of hydrogen-bond acceptors (Lipinski definition) is 6. The first-order valence-corrected chi connectivity index (χ1v) is 10.4. The van der Waals surface area contributed by atoms with Crippen LogP contribution in [0.3, 0.4) is 0 Å². The van der Waals surface area contributed by atoms with Gasteiger partial charge in [0, 0.05) is 30.6 Å². The molecule has 1 amide bonds. The minimum absolute atomic E-state index is 0. The van der Waals surface area contributed by atoms with Gasteiger partial charge in [0.05, 0.1) is 13.7 Å². The Morgan fingerprint density at radius 3 is 2.53 bits per heavy atom. The number of benzene rings is 1. The second kappa shape index (κ2) is 9.80. The molecule has 8 nitrogen and oxygen atoms in total. The van der Waals surface area contributed by atoms with Crippen LogP contribution in [-0.4, -0.2) is 27.0 Å². The van der Waals surface area contributed by atoms with Gasteiger partial charge in [0.25, 0.3) is 11.5 Å². The number of nitrogens with one attached hydrogen (secondary N) is 1. The first-order chi connectivity index (χ1) is 15.0. The van der Waals surface area contributed by atoms with Crippen LogP contribution >= 0.6 is 23.7 Å². The van der Waals surface area contributed by atoms with E-state index >= 15 is 0 Å². The Morgan fingerprint density at radius 1 is 1.12 bits per heavy atom. The number of hydrogen-bond donors (Lipinski definition) is 1. The number of amides is 1. The molecular weight excluding hydrogens is 452 g/mol. The van der Waals surface area contributed by atoms with Crippen molar-refractivity contribution < 1.29 is 9.53 Å². The monoisotopic (exact) mass is 472 g/mol. The molecule has 3 heterocycles. The number of rotatable bonds is 6. The van der Waals surface area contributed by atoms with Crippen LogP contribution in [0.2, 0.25) is 0 Å². The van der Waals surface area contributed by atoms with E-state index in [1.165, 1.54) is 22.3 Å². The topological polar surface area (TPSA) is 94.7 Å². The Labute approximate surface area is 193 Å². The van der Waals surface area contributed by atoms with E-state index in [2.05, 4.69) is 10.3 Å². The number of halogens is 1. The second-order valence-corrected chi connectivity index (χ2v) is 7.98. The van der Waals surface area contributed by atoms with E-state index in [0.29, 0.717) is 21.2 Å². The van der Waals surface area contributed by atoms with E-state index < -0.39 is 5.69 Å². The van der Waals surface area contributed by atoms with Crippen molar-refractivity contribution in [3.05, 3.63) is 97.3 Å². The number of fused-ring (bicyclic) bond motifs is 1. The highest BCUT2D eigenvalue weighted by atomic mass is 35.5. The van der Waals surface area contributed by atoms with Crippen molar-refractivity contribution >= 4 is 34.5 Å². The van der Waals surface area contributed by atoms with Gasteiger partial charge in [0.1, 0.15) is 9.71 Å². The third-order valence-electron chi connectivity index (χ3n) is 4.86. The number of aromatic nitrogens is 3. The highest BCUT2D eigenvalue weighted by Crippen LogP contribution is 2.18. The Kier molecular flexibility index (Phi) is 7.12. The lowest BCUT2D eigenvalue weighted by atomic mass is 10.2. The minimum atomic E-state index is -0.468. The fourth-order valence-electron chi connectivity index (χ4n) is 3.18. The van der Waals surface area contributed by atoms with Gasteiger partial charge in [-0.05, 0) is 18.1 Å². The maximum atomic E-state index is 13.0. The SMILES string of the molecule is COc1ccc(CNC(=O)c2cn3c(=O)n(Cc4ccccc4)c(=O)c(C)c3s2)cn1.Cl. The lowest BCUT2D eigenvalue weighted by molar-refractivity contribution is 0.0954. The third kappa shape index (κ3) is 4.58. The smallest absolute Gasteiger partial charge is 0.336 e. The van der Waals surface area contributed by atoms with Crippen molar-refractivity contribution in [1.29, 1.82) is 0 Å². The zero-order valence-electron chi connectivity index (χ0n) is 17.4. The molecule has 4 rings (SSSR count). The van der Waals surface area contributed by atoms with Crippen LogP contribution in [0.5, 0.6) is 5.88 Å². The normalized spacial score (nSPS) is 10.6. The molecule has 166 valence electrons. The Hall–Kier alpha value is -3.43. The van der Waals surface area contributed by atoms with Gasteiger partial charge in [-0.2, -0.15) is 0 Å². The molecule has 0 saturated carbocycles. The van der Waals surface area contributed by atoms with Gasteiger partial charge in [-0.15, -0.1) is 23.7 Å². The molecular formula is C22H21ClN4O4S. The van der Waals surface area contributed by atoms with Gasteiger partial charge in [-0.25, -0.2) is 9.78 Å². The minimum Gasteiger partial charge on any atom is -0.481 e. The van der Waals surface area contributed by atoms with Gasteiger partial charge in [-0.1, -0.05) is 36.4 Å². The van der Waals surface area contributed by atoms with Crippen molar-refractivity contribution in [2.45, 2.75) is 20.0 Å². The van der Waals surface area contributed by atoms with Gasteiger partial charge < -0.3 is 10.1 Å². The van der Waals surface area contributed by atoms with E-state index in [0.717, 1.165) is 22.5 Å². The highest BCUT2D eigenvalue weighted by Gasteiger charge is 2.17. The van der Waals surface area contributed by atoms with Crippen LogP contribution < -0.4 is 21.3 Å². The van der Waals surface area contributed by atoms with E-state index in [-0.39, 0.29) is 37.0 Å². The average Bonchev–Trinajstić information content (AvgIpc) is 3.26. The Balaban J connectivity index is 0.00000289. The molecule has 0 saturated heterocycles. The zero-order chi connectivity index (χ0) is 22.0. The van der Waals surface area contributed by atoms with Crippen LogP contribution in [0.4, 0.5) is 0 Å². The number of nitrogens with zero attached hydrogens (tertiary/aromatic N) is 3. The van der Waals surface area contributed by atoms with Crippen molar-refractivity contribution in [2.24, 2.45) is 0 Å². The molecule has 32 heavy (non-hydrogen) atoms. The summed E-state index contributed by atoms with van der Waals surface area (Å²) in [6.07, 6.45) is 3.10. The molecule has 0 atom stereocenters. The Morgan fingerprint density at radius 2 is 1.88 bits per heavy atom. The summed E-state index contributed by atoms with van der Waals surface area (Å²) in [5.41, 5.74) is 1.27. The fraction of sp³-hybridized carbons (Fsp3) is 0.182. The molecule has 0 aliphatic heterocycles. The predicted molar refractivity (Wildman–Crippen MR) is 125 cm³/mol. The van der Waals surface area contributed by atoms with Crippen molar-refractivity contribution in [2.75, 3.05) is 7.11 Å². The molecule has 0 unspecified atom stereocenters. The van der Waals surface area contributed by atoms with Gasteiger partial charge in [-0.3, -0.25) is 18.6 Å². The van der Waals surface area contributed by atoms with Crippen LogP contribution in [0.15, 0.2) is 64.4 Å². The van der Waals surface area contributed by atoms with Gasteiger partial charge in [0.15, 0.2) is 0 Å². The van der Waals surface area contributed by atoms with Crippen LogP contribution in [0.1, 0.15) is 26.4 Å². The summed E-state index contributed by atoms with van der Waals surface area (Å²) in [5, 5.41) is 2.81. The second-order valence-electron chi connectivity index (χ2n) is 6.95. The van der Waals surface area contributed by atoms with E-state index in [4.69, 9.17) is 4.74 Å². The summed E-state index contributed by atoms with van der Waals surface area (Å²) in [5.74, 6) is 0.164. The standard InChI is InChI=1S/C22H20N4O4S.ClH/c1-14-20(28)25(12-15-6-4-3-5-7-15)22(29)26-13-17(31-21(14)26)19(27)24-11-16-8-9-18(30-2)23-10-16;/h3-10,13H,11-12H2,1-2H3,(H,24,27);1H. The summed E-state index contributed by atoms with van der Waals surface area (Å²) >= 11 is 1.12. The summed E-state index contributed by atoms with van der Waals surface area (Å²) in [7, 11) is 1.53. The molecule has 0 bridgehead atoms. The van der Waals surface area contributed by atoms with E-state index in [1.807, 2.05) is 36.4 Å². The fourth-order valence-corrected chi connectivity index (χ4v) is 4.18.